The van der Waals surface area contributed by atoms with E-state index in [0.29, 0.717) is 18.1 Å². The van der Waals surface area contributed by atoms with Gasteiger partial charge < -0.3 is 9.47 Å². The van der Waals surface area contributed by atoms with Crippen LogP contribution in [0.15, 0.2) is 0 Å². The molecule has 4 unspecified atom stereocenters. The van der Waals surface area contributed by atoms with Gasteiger partial charge in [-0.2, -0.15) is 0 Å². The highest BCUT2D eigenvalue weighted by Gasteiger charge is 2.59. The first-order valence-electron chi connectivity index (χ1n) is 4.59. The summed E-state index contributed by atoms with van der Waals surface area (Å²) in [6.45, 7) is 3.19. The molecule has 2 nitrogen and oxygen atoms in total. The first-order chi connectivity index (χ1) is 5.30. The van der Waals surface area contributed by atoms with Crippen molar-refractivity contribution in [3.63, 3.8) is 0 Å². The summed E-state index contributed by atoms with van der Waals surface area (Å²) < 4.78 is 11.0. The smallest absolute Gasteiger partial charge is 0.0942 e. The maximum atomic E-state index is 5.58. The molecule has 0 N–H and O–H groups in total. The Morgan fingerprint density at radius 2 is 2.18 bits per heavy atom. The molecule has 3 aliphatic rings. The van der Waals surface area contributed by atoms with Crippen molar-refractivity contribution in [1.82, 2.24) is 0 Å². The first-order valence-corrected chi connectivity index (χ1v) is 4.59. The molecule has 0 aromatic heterocycles. The van der Waals surface area contributed by atoms with Crippen molar-refractivity contribution >= 4 is 0 Å². The zero-order chi connectivity index (χ0) is 7.47. The molecule has 0 spiro atoms. The molecule has 0 aromatic carbocycles. The van der Waals surface area contributed by atoms with Crippen LogP contribution in [0.5, 0.6) is 0 Å². The van der Waals surface area contributed by atoms with Gasteiger partial charge in [0, 0.05) is 5.92 Å². The van der Waals surface area contributed by atoms with Crippen LogP contribution in [0.2, 0.25) is 0 Å². The van der Waals surface area contributed by atoms with E-state index in [4.69, 9.17) is 9.47 Å². The Hall–Kier alpha value is -0.0800. The van der Waals surface area contributed by atoms with Crippen molar-refractivity contribution in [1.29, 1.82) is 0 Å². The van der Waals surface area contributed by atoms with Gasteiger partial charge in [0.05, 0.1) is 24.4 Å². The van der Waals surface area contributed by atoms with Gasteiger partial charge in [0.2, 0.25) is 0 Å². The summed E-state index contributed by atoms with van der Waals surface area (Å²) in [4.78, 5) is 0. The van der Waals surface area contributed by atoms with Crippen molar-refractivity contribution in [2.24, 2.45) is 5.92 Å². The summed E-state index contributed by atoms with van der Waals surface area (Å²) in [6, 6.07) is 0. The standard InChI is InChI=1S/C9H14O2/c1-9(5-10-9)6-3-2-4-7-8(6)11-7/h6-8H,2-5H2,1H3. The molecule has 0 radical (unpaired) electrons. The highest BCUT2D eigenvalue weighted by Crippen LogP contribution is 2.50. The molecule has 2 saturated heterocycles. The van der Waals surface area contributed by atoms with Gasteiger partial charge in [-0.05, 0) is 19.8 Å². The molecule has 3 fully saturated rings. The molecule has 2 aliphatic heterocycles. The fourth-order valence-corrected chi connectivity index (χ4v) is 2.43. The summed E-state index contributed by atoms with van der Waals surface area (Å²) in [5, 5.41) is 0. The minimum atomic E-state index is 0.208. The molecule has 2 heteroatoms. The topological polar surface area (TPSA) is 25.1 Å². The van der Waals surface area contributed by atoms with E-state index in [0.717, 1.165) is 6.61 Å². The molecule has 1 saturated carbocycles. The number of rotatable bonds is 1. The maximum Gasteiger partial charge on any atom is 0.0942 e. The summed E-state index contributed by atoms with van der Waals surface area (Å²) >= 11 is 0. The molecule has 0 amide bonds. The van der Waals surface area contributed by atoms with E-state index < -0.39 is 0 Å². The van der Waals surface area contributed by atoms with Crippen molar-refractivity contribution in [3.05, 3.63) is 0 Å². The van der Waals surface area contributed by atoms with Gasteiger partial charge in [-0.1, -0.05) is 6.42 Å². The summed E-state index contributed by atoms with van der Waals surface area (Å²) in [7, 11) is 0. The van der Waals surface area contributed by atoms with Crippen LogP contribution < -0.4 is 0 Å². The Kier molecular flexibility index (Phi) is 1.06. The molecular formula is C9H14O2. The second-order valence-electron chi connectivity index (χ2n) is 4.28. The van der Waals surface area contributed by atoms with Gasteiger partial charge in [0.15, 0.2) is 0 Å². The zero-order valence-corrected chi connectivity index (χ0v) is 6.88. The Bertz CT molecular complexity index is 186. The second-order valence-corrected chi connectivity index (χ2v) is 4.28. The van der Waals surface area contributed by atoms with Crippen LogP contribution >= 0.6 is 0 Å². The van der Waals surface area contributed by atoms with Gasteiger partial charge in [0.25, 0.3) is 0 Å². The average molecular weight is 154 g/mol. The molecule has 11 heavy (non-hydrogen) atoms. The van der Waals surface area contributed by atoms with Crippen LogP contribution in [-0.4, -0.2) is 24.4 Å². The van der Waals surface area contributed by atoms with Crippen molar-refractivity contribution < 1.29 is 9.47 Å². The molecule has 62 valence electrons. The highest BCUT2D eigenvalue weighted by atomic mass is 16.6. The molecular weight excluding hydrogens is 140 g/mol. The molecule has 3 rings (SSSR count). The Morgan fingerprint density at radius 3 is 2.91 bits per heavy atom. The van der Waals surface area contributed by atoms with E-state index in [1.54, 1.807) is 0 Å². The number of ether oxygens (including phenoxy) is 2. The third kappa shape index (κ3) is 0.859. The number of hydrogen-bond donors (Lipinski definition) is 0. The zero-order valence-electron chi connectivity index (χ0n) is 6.88. The first kappa shape index (κ1) is 6.44. The lowest BCUT2D eigenvalue weighted by Crippen LogP contribution is -2.29. The lowest BCUT2D eigenvalue weighted by atomic mass is 9.81. The molecule has 0 aromatic rings. The van der Waals surface area contributed by atoms with E-state index in [1.165, 1.54) is 19.3 Å². The van der Waals surface area contributed by atoms with Crippen LogP contribution in [0.1, 0.15) is 26.2 Å². The lowest BCUT2D eigenvalue weighted by Gasteiger charge is -2.21. The Morgan fingerprint density at radius 1 is 1.36 bits per heavy atom. The van der Waals surface area contributed by atoms with Crippen LogP contribution in [0.25, 0.3) is 0 Å². The fraction of sp³-hybridized carbons (Fsp3) is 1.00. The normalized spacial score (nSPS) is 60.3. The van der Waals surface area contributed by atoms with Gasteiger partial charge in [-0.3, -0.25) is 0 Å². The van der Waals surface area contributed by atoms with E-state index in [-0.39, 0.29) is 5.60 Å². The van der Waals surface area contributed by atoms with Gasteiger partial charge in [-0.25, -0.2) is 0 Å². The lowest BCUT2D eigenvalue weighted by molar-refractivity contribution is 0.183. The SMILES string of the molecule is CC1(C2CCCC3OC32)CO1. The average Bonchev–Trinajstić information content (AvgIpc) is 2.81. The minimum Gasteiger partial charge on any atom is -0.369 e. The van der Waals surface area contributed by atoms with Gasteiger partial charge >= 0.3 is 0 Å². The molecule has 4 atom stereocenters. The van der Waals surface area contributed by atoms with Crippen LogP contribution in [0, 0.1) is 5.92 Å². The summed E-state index contributed by atoms with van der Waals surface area (Å²) in [6.07, 6.45) is 5.12. The van der Waals surface area contributed by atoms with Crippen LogP contribution in [0.3, 0.4) is 0 Å². The predicted octanol–water partition coefficient (Wildman–Crippen LogP) is 1.34. The van der Waals surface area contributed by atoms with E-state index in [1.807, 2.05) is 0 Å². The van der Waals surface area contributed by atoms with Gasteiger partial charge in [0.1, 0.15) is 0 Å². The quantitative estimate of drug-likeness (QED) is 0.532. The van der Waals surface area contributed by atoms with E-state index in [9.17, 15) is 0 Å². The summed E-state index contributed by atoms with van der Waals surface area (Å²) in [5.41, 5.74) is 0.208. The number of fused-ring (bicyclic) bond motifs is 1. The van der Waals surface area contributed by atoms with Crippen molar-refractivity contribution in [2.45, 2.75) is 44.0 Å². The van der Waals surface area contributed by atoms with E-state index in [2.05, 4.69) is 6.92 Å². The largest absolute Gasteiger partial charge is 0.369 e. The fourth-order valence-electron chi connectivity index (χ4n) is 2.43. The monoisotopic (exact) mass is 154 g/mol. The molecule has 0 bridgehead atoms. The number of epoxide rings is 2. The van der Waals surface area contributed by atoms with Gasteiger partial charge in [-0.15, -0.1) is 0 Å². The van der Waals surface area contributed by atoms with Crippen molar-refractivity contribution in [3.8, 4) is 0 Å². The third-order valence-electron chi connectivity index (χ3n) is 3.41. The Labute approximate surface area is 66.9 Å². The Balaban J connectivity index is 1.77. The second kappa shape index (κ2) is 1.80. The minimum absolute atomic E-state index is 0.208. The molecule has 1 aliphatic carbocycles. The number of hydrogen-bond acceptors (Lipinski definition) is 2. The highest BCUT2D eigenvalue weighted by molar-refractivity contribution is 5.06. The predicted molar refractivity (Wildman–Crippen MR) is 40.4 cm³/mol. The third-order valence-corrected chi connectivity index (χ3v) is 3.41. The molecule has 2 heterocycles. The van der Waals surface area contributed by atoms with Crippen LogP contribution in [0.4, 0.5) is 0 Å². The van der Waals surface area contributed by atoms with Crippen molar-refractivity contribution in [2.75, 3.05) is 6.61 Å². The van der Waals surface area contributed by atoms with E-state index >= 15 is 0 Å². The van der Waals surface area contributed by atoms with Crippen LogP contribution in [-0.2, 0) is 9.47 Å². The summed E-state index contributed by atoms with van der Waals surface area (Å²) in [5.74, 6) is 0.709. The maximum absolute atomic E-state index is 5.58.